The van der Waals surface area contributed by atoms with Crippen molar-refractivity contribution in [3.05, 3.63) is 116 Å². The largest absolute Gasteiger partial charge is 0.454 e. The summed E-state index contributed by atoms with van der Waals surface area (Å²) in [5.74, 6) is -0.530. The van der Waals surface area contributed by atoms with Gasteiger partial charge in [0.15, 0.2) is 11.5 Å². The van der Waals surface area contributed by atoms with E-state index < -0.39 is 22.9 Å². The summed E-state index contributed by atoms with van der Waals surface area (Å²) < 4.78 is 42.4. The Hall–Kier alpha value is -3.95. The molecule has 0 amide bonds. The van der Waals surface area contributed by atoms with Crippen molar-refractivity contribution >= 4 is 12.4 Å². The molecule has 0 bridgehead atoms. The lowest BCUT2D eigenvalue weighted by Gasteiger charge is -2.22. The summed E-state index contributed by atoms with van der Waals surface area (Å²) in [4.78, 5) is 27.5. The van der Waals surface area contributed by atoms with Gasteiger partial charge in [0.25, 0.3) is 5.56 Å². The van der Waals surface area contributed by atoms with E-state index in [4.69, 9.17) is 9.47 Å². The van der Waals surface area contributed by atoms with Crippen LogP contribution in [0.15, 0.2) is 76.3 Å². The Morgan fingerprint density at radius 3 is 2.29 bits per heavy atom. The number of likely N-dealkylation sites (N-methyl/N-ethyl adjacent to an activating group) is 1. The van der Waals surface area contributed by atoms with Gasteiger partial charge >= 0.3 is 5.69 Å². The van der Waals surface area contributed by atoms with Crippen molar-refractivity contribution in [2.75, 3.05) is 13.8 Å². The molecule has 10 heteroatoms. The van der Waals surface area contributed by atoms with E-state index in [1.807, 2.05) is 30.3 Å². The molecular formula is C28H26ClF2N3O4. The number of fused-ring (bicyclic) bond motifs is 1. The second-order valence-corrected chi connectivity index (χ2v) is 8.77. The molecule has 198 valence electrons. The van der Waals surface area contributed by atoms with Crippen LogP contribution in [0.3, 0.4) is 0 Å². The molecule has 1 atom stereocenters. The normalized spacial score (nSPS) is 12.7. The molecule has 1 N–H and O–H groups in total. The predicted octanol–water partition coefficient (Wildman–Crippen LogP) is 4.42. The van der Waals surface area contributed by atoms with Crippen LogP contribution in [0.4, 0.5) is 8.78 Å². The number of nitrogens with zero attached hydrogens (tertiary/aromatic N) is 2. The molecule has 0 radical (unpaired) electrons. The van der Waals surface area contributed by atoms with Crippen molar-refractivity contribution in [2.45, 2.75) is 26.1 Å². The zero-order valence-electron chi connectivity index (χ0n) is 20.7. The molecule has 5 rings (SSSR count). The highest BCUT2D eigenvalue weighted by Gasteiger charge is 2.24. The topological polar surface area (TPSA) is 74.5 Å². The van der Waals surface area contributed by atoms with Gasteiger partial charge in [-0.3, -0.25) is 13.9 Å². The van der Waals surface area contributed by atoms with Crippen LogP contribution < -0.4 is 26.0 Å². The van der Waals surface area contributed by atoms with Crippen molar-refractivity contribution in [3.63, 3.8) is 0 Å². The quantitative estimate of drug-likeness (QED) is 0.375. The van der Waals surface area contributed by atoms with Gasteiger partial charge in [-0.2, -0.15) is 0 Å². The summed E-state index contributed by atoms with van der Waals surface area (Å²) >= 11 is 0. The molecular weight excluding hydrogens is 516 g/mol. The first kappa shape index (κ1) is 27.1. The Morgan fingerprint density at radius 1 is 0.921 bits per heavy atom. The highest BCUT2D eigenvalue weighted by Crippen LogP contribution is 2.35. The number of nitrogens with one attached hydrogen (secondary N) is 1. The fourth-order valence-electron chi connectivity index (χ4n) is 4.61. The van der Waals surface area contributed by atoms with Crippen LogP contribution in [0, 0.1) is 18.6 Å². The summed E-state index contributed by atoms with van der Waals surface area (Å²) in [6.45, 7) is 1.29. The molecule has 38 heavy (non-hydrogen) atoms. The van der Waals surface area contributed by atoms with Gasteiger partial charge in [0.05, 0.1) is 24.7 Å². The summed E-state index contributed by atoms with van der Waals surface area (Å²) in [5, 5.41) is 3.15. The zero-order chi connectivity index (χ0) is 26.1. The van der Waals surface area contributed by atoms with Crippen LogP contribution >= 0.6 is 12.4 Å². The molecule has 7 nitrogen and oxygen atoms in total. The van der Waals surface area contributed by atoms with Crippen LogP contribution in [0.25, 0.3) is 11.1 Å². The molecule has 2 heterocycles. The Bertz CT molecular complexity index is 1570. The van der Waals surface area contributed by atoms with E-state index in [2.05, 4.69) is 5.32 Å². The maximum atomic E-state index is 14.6. The average Bonchev–Trinajstić information content (AvgIpc) is 3.37. The predicted molar refractivity (Wildman–Crippen MR) is 142 cm³/mol. The third-order valence-corrected chi connectivity index (χ3v) is 6.64. The van der Waals surface area contributed by atoms with Gasteiger partial charge in [-0.25, -0.2) is 13.6 Å². The summed E-state index contributed by atoms with van der Waals surface area (Å²) in [6.07, 6.45) is 0. The lowest BCUT2D eigenvalue weighted by Crippen LogP contribution is -2.44. The molecule has 0 fully saturated rings. The van der Waals surface area contributed by atoms with Gasteiger partial charge in [-0.15, -0.1) is 12.4 Å². The SMILES string of the molecule is CN[C@@H](Cn1c(=O)c(-c2ccc3c(c2)OCO3)c(C)n(Cc2c(F)cccc2F)c1=O)c1ccccc1.Cl. The van der Waals surface area contributed by atoms with Gasteiger partial charge in [0.1, 0.15) is 11.6 Å². The monoisotopic (exact) mass is 541 g/mol. The van der Waals surface area contributed by atoms with Gasteiger partial charge in [-0.1, -0.05) is 42.5 Å². The lowest BCUT2D eigenvalue weighted by atomic mass is 10.0. The molecule has 1 aliphatic rings. The second-order valence-electron chi connectivity index (χ2n) is 8.77. The Kier molecular flexibility index (Phi) is 7.99. The fraction of sp³-hybridized carbons (Fsp3) is 0.214. The zero-order valence-corrected chi connectivity index (χ0v) is 21.6. The van der Waals surface area contributed by atoms with Gasteiger partial charge in [-0.05, 0) is 49.4 Å². The molecule has 3 aromatic carbocycles. The minimum absolute atomic E-state index is 0. The van der Waals surface area contributed by atoms with E-state index in [-0.39, 0.29) is 55.2 Å². The molecule has 1 aliphatic heterocycles. The van der Waals surface area contributed by atoms with E-state index in [1.54, 1.807) is 32.2 Å². The standard InChI is InChI=1S/C28H25F2N3O4.ClH/c1-17-26(19-11-12-24-25(13-19)37-16-36-24)27(34)33(15-23(31-2)18-7-4-3-5-8-18)28(35)32(17)14-20-21(29)9-6-10-22(20)30;/h3-13,23,31H,14-16H2,1-2H3;1H/t23-;/m0./s1. The Morgan fingerprint density at radius 2 is 1.61 bits per heavy atom. The number of benzene rings is 3. The number of ether oxygens (including phenoxy) is 2. The van der Waals surface area contributed by atoms with Gasteiger partial charge < -0.3 is 14.8 Å². The van der Waals surface area contributed by atoms with Crippen molar-refractivity contribution in [1.29, 1.82) is 0 Å². The van der Waals surface area contributed by atoms with E-state index >= 15 is 0 Å². The smallest absolute Gasteiger partial charge is 0.331 e. The Labute approximate surface area is 223 Å². The van der Waals surface area contributed by atoms with Gasteiger partial charge in [0.2, 0.25) is 6.79 Å². The molecule has 1 aromatic heterocycles. The minimum Gasteiger partial charge on any atom is -0.454 e. The lowest BCUT2D eigenvalue weighted by molar-refractivity contribution is 0.174. The van der Waals surface area contributed by atoms with Crippen LogP contribution in [0.1, 0.15) is 22.9 Å². The molecule has 4 aromatic rings. The van der Waals surface area contributed by atoms with E-state index in [9.17, 15) is 18.4 Å². The first-order valence-electron chi connectivity index (χ1n) is 11.8. The second kappa shape index (κ2) is 11.2. The van der Waals surface area contributed by atoms with Crippen LogP contribution in [-0.4, -0.2) is 23.0 Å². The van der Waals surface area contributed by atoms with Crippen LogP contribution in [0.2, 0.25) is 0 Å². The maximum absolute atomic E-state index is 14.6. The third kappa shape index (κ3) is 4.94. The average molecular weight is 542 g/mol. The summed E-state index contributed by atoms with van der Waals surface area (Å²) in [5.41, 5.74) is 0.472. The number of aromatic nitrogens is 2. The summed E-state index contributed by atoms with van der Waals surface area (Å²) in [6, 6.07) is 17.6. The molecule has 0 unspecified atom stereocenters. The number of hydrogen-bond donors (Lipinski definition) is 1. The Balaban J connectivity index is 0.00000336. The first-order valence-corrected chi connectivity index (χ1v) is 11.8. The molecule has 0 saturated heterocycles. The highest BCUT2D eigenvalue weighted by molar-refractivity contribution is 5.85. The van der Waals surface area contributed by atoms with Crippen molar-refractivity contribution < 1.29 is 18.3 Å². The number of rotatable bonds is 7. The van der Waals surface area contributed by atoms with Gasteiger partial charge in [0, 0.05) is 11.3 Å². The van der Waals surface area contributed by atoms with Crippen molar-refractivity contribution in [2.24, 2.45) is 0 Å². The van der Waals surface area contributed by atoms with E-state index in [1.165, 1.54) is 10.6 Å². The highest BCUT2D eigenvalue weighted by atomic mass is 35.5. The third-order valence-electron chi connectivity index (χ3n) is 6.64. The molecule has 0 spiro atoms. The molecule has 0 aliphatic carbocycles. The first-order chi connectivity index (χ1) is 17.9. The minimum atomic E-state index is -0.772. The fourth-order valence-corrected chi connectivity index (χ4v) is 4.61. The van der Waals surface area contributed by atoms with E-state index in [0.29, 0.717) is 17.1 Å². The molecule has 0 saturated carbocycles. The summed E-state index contributed by atoms with van der Waals surface area (Å²) in [7, 11) is 1.74. The number of hydrogen-bond acceptors (Lipinski definition) is 5. The van der Waals surface area contributed by atoms with Crippen molar-refractivity contribution in [3.8, 4) is 22.6 Å². The number of halogens is 3. The van der Waals surface area contributed by atoms with Crippen LogP contribution in [0.5, 0.6) is 11.5 Å². The van der Waals surface area contributed by atoms with Crippen molar-refractivity contribution in [1.82, 2.24) is 14.5 Å². The van der Waals surface area contributed by atoms with Crippen LogP contribution in [-0.2, 0) is 13.1 Å². The maximum Gasteiger partial charge on any atom is 0.331 e. The van der Waals surface area contributed by atoms with E-state index in [0.717, 1.165) is 22.3 Å².